The molecule has 1 aliphatic heterocycles. The molecule has 0 bridgehead atoms. The number of nitrogens with zero attached hydrogens (tertiary/aromatic N) is 3. The second-order valence-electron chi connectivity index (χ2n) is 6.40. The van der Waals surface area contributed by atoms with Gasteiger partial charge in [-0.25, -0.2) is 0 Å². The molecule has 1 N–H and O–H groups in total. The highest BCUT2D eigenvalue weighted by Gasteiger charge is 2.35. The zero-order valence-corrected chi connectivity index (χ0v) is 13.6. The molecule has 2 atom stereocenters. The largest absolute Gasteiger partial charge is 0.391 e. The van der Waals surface area contributed by atoms with Gasteiger partial charge in [0.25, 0.3) is 0 Å². The van der Waals surface area contributed by atoms with Crippen molar-refractivity contribution in [3.8, 4) is 0 Å². The maximum Gasteiger partial charge on any atom is 0.227 e. The molecule has 1 saturated heterocycles. The van der Waals surface area contributed by atoms with Crippen LogP contribution < -0.4 is 0 Å². The van der Waals surface area contributed by atoms with Crippen molar-refractivity contribution >= 4 is 5.91 Å². The lowest BCUT2D eigenvalue weighted by Gasteiger charge is -2.26. The number of hydrogen-bond donors (Lipinski definition) is 1. The summed E-state index contributed by atoms with van der Waals surface area (Å²) >= 11 is 0. The van der Waals surface area contributed by atoms with Crippen LogP contribution >= 0.6 is 0 Å². The second kappa shape index (κ2) is 6.54. The van der Waals surface area contributed by atoms with E-state index in [4.69, 9.17) is 0 Å². The number of hydrogen-bond acceptors (Lipinski definition) is 3. The van der Waals surface area contributed by atoms with Crippen molar-refractivity contribution in [1.82, 2.24) is 14.7 Å². The van der Waals surface area contributed by atoms with Crippen molar-refractivity contribution in [2.24, 2.45) is 7.05 Å². The van der Waals surface area contributed by atoms with Crippen molar-refractivity contribution in [1.29, 1.82) is 0 Å². The van der Waals surface area contributed by atoms with Crippen molar-refractivity contribution in [3.63, 3.8) is 0 Å². The first-order chi connectivity index (χ1) is 11.0. The molecule has 122 valence electrons. The van der Waals surface area contributed by atoms with Gasteiger partial charge in [0, 0.05) is 19.8 Å². The first kappa shape index (κ1) is 15.7. The molecule has 2 aromatic rings. The standard InChI is InChI=1S/C18H23N3O2/c1-13-3-5-14(6-4-13)10-18(23)21-8-7-17(22)16(21)9-15-11-19-20(2)12-15/h3-6,11-12,16-17,22H,7-10H2,1-2H3/t16-,17+/m0/s1. The Bertz CT molecular complexity index is 678. The number of aryl methyl sites for hydroxylation is 2. The Balaban J connectivity index is 1.69. The number of benzene rings is 1. The van der Waals surface area contributed by atoms with E-state index in [0.29, 0.717) is 25.8 Å². The lowest BCUT2D eigenvalue weighted by atomic mass is 10.0. The molecule has 5 heteroatoms. The van der Waals surface area contributed by atoms with Gasteiger partial charge in [0.2, 0.25) is 5.91 Å². The first-order valence-corrected chi connectivity index (χ1v) is 8.03. The van der Waals surface area contributed by atoms with E-state index in [0.717, 1.165) is 11.1 Å². The van der Waals surface area contributed by atoms with Gasteiger partial charge >= 0.3 is 0 Å². The molecule has 1 aliphatic rings. The van der Waals surface area contributed by atoms with Gasteiger partial charge in [-0.3, -0.25) is 9.48 Å². The predicted molar refractivity (Wildman–Crippen MR) is 87.9 cm³/mol. The summed E-state index contributed by atoms with van der Waals surface area (Å²) in [5.74, 6) is 0.0827. The quantitative estimate of drug-likeness (QED) is 0.930. The third kappa shape index (κ3) is 3.62. The van der Waals surface area contributed by atoms with Crippen LogP contribution in [0.2, 0.25) is 0 Å². The summed E-state index contributed by atoms with van der Waals surface area (Å²) in [4.78, 5) is 14.5. The molecule has 3 rings (SSSR count). The average molecular weight is 313 g/mol. The molecule has 1 fully saturated rings. The Hall–Kier alpha value is -2.14. The number of rotatable bonds is 4. The maximum atomic E-state index is 12.6. The number of carbonyl (C=O) groups excluding carboxylic acids is 1. The van der Waals surface area contributed by atoms with Gasteiger partial charge in [-0.05, 0) is 30.9 Å². The Kier molecular flexibility index (Phi) is 4.48. The minimum atomic E-state index is -0.461. The van der Waals surface area contributed by atoms with Crippen molar-refractivity contribution in [3.05, 3.63) is 53.3 Å². The molecule has 1 aromatic carbocycles. The van der Waals surface area contributed by atoms with Crippen molar-refractivity contribution in [2.45, 2.75) is 38.3 Å². The second-order valence-corrected chi connectivity index (χ2v) is 6.40. The van der Waals surface area contributed by atoms with E-state index in [1.165, 1.54) is 5.56 Å². The number of carbonyl (C=O) groups is 1. The Morgan fingerprint density at radius 3 is 2.70 bits per heavy atom. The molecule has 0 saturated carbocycles. The molecular weight excluding hydrogens is 290 g/mol. The monoisotopic (exact) mass is 313 g/mol. The minimum Gasteiger partial charge on any atom is -0.391 e. The zero-order valence-electron chi connectivity index (χ0n) is 13.6. The molecule has 2 heterocycles. The zero-order chi connectivity index (χ0) is 16.4. The van der Waals surface area contributed by atoms with Crippen LogP contribution in [0.15, 0.2) is 36.7 Å². The van der Waals surface area contributed by atoms with Crippen LogP contribution in [0, 0.1) is 6.92 Å². The van der Waals surface area contributed by atoms with E-state index in [1.807, 2.05) is 49.3 Å². The highest BCUT2D eigenvalue weighted by molar-refractivity contribution is 5.79. The average Bonchev–Trinajstić information content (AvgIpc) is 3.09. The third-order valence-corrected chi connectivity index (χ3v) is 4.51. The molecule has 0 unspecified atom stereocenters. The Morgan fingerprint density at radius 1 is 1.30 bits per heavy atom. The van der Waals surface area contributed by atoms with Crippen LogP contribution in [-0.4, -0.2) is 44.4 Å². The van der Waals surface area contributed by atoms with E-state index in [-0.39, 0.29) is 11.9 Å². The highest BCUT2D eigenvalue weighted by Crippen LogP contribution is 2.23. The van der Waals surface area contributed by atoms with Gasteiger partial charge in [-0.2, -0.15) is 5.10 Å². The third-order valence-electron chi connectivity index (χ3n) is 4.51. The molecule has 1 aromatic heterocycles. The van der Waals surface area contributed by atoms with Crippen molar-refractivity contribution in [2.75, 3.05) is 6.54 Å². The molecule has 5 nitrogen and oxygen atoms in total. The lowest BCUT2D eigenvalue weighted by molar-refractivity contribution is -0.132. The first-order valence-electron chi connectivity index (χ1n) is 8.03. The summed E-state index contributed by atoms with van der Waals surface area (Å²) in [7, 11) is 1.87. The van der Waals surface area contributed by atoms with Gasteiger partial charge in [-0.1, -0.05) is 29.8 Å². The van der Waals surface area contributed by atoms with E-state index < -0.39 is 6.10 Å². The lowest BCUT2D eigenvalue weighted by Crippen LogP contribution is -2.41. The number of likely N-dealkylation sites (tertiary alicyclic amines) is 1. The van der Waals surface area contributed by atoms with Crippen LogP contribution in [-0.2, 0) is 24.7 Å². The number of aromatic nitrogens is 2. The molecule has 0 radical (unpaired) electrons. The summed E-state index contributed by atoms with van der Waals surface area (Å²) < 4.78 is 1.75. The topological polar surface area (TPSA) is 58.4 Å². The fraction of sp³-hybridized carbons (Fsp3) is 0.444. The van der Waals surface area contributed by atoms with E-state index >= 15 is 0 Å². The summed E-state index contributed by atoms with van der Waals surface area (Å²) in [5.41, 5.74) is 3.25. The van der Waals surface area contributed by atoms with E-state index in [1.54, 1.807) is 10.9 Å². The van der Waals surface area contributed by atoms with Gasteiger partial charge in [0.05, 0.1) is 24.8 Å². The fourth-order valence-corrected chi connectivity index (χ4v) is 3.19. The van der Waals surface area contributed by atoms with E-state index in [2.05, 4.69) is 5.10 Å². The smallest absolute Gasteiger partial charge is 0.227 e. The van der Waals surface area contributed by atoms with Crippen LogP contribution in [0.25, 0.3) is 0 Å². The predicted octanol–water partition coefficient (Wildman–Crippen LogP) is 1.48. The molecular formula is C18H23N3O2. The van der Waals surface area contributed by atoms with Crippen LogP contribution in [0.4, 0.5) is 0 Å². The van der Waals surface area contributed by atoms with Crippen LogP contribution in [0.1, 0.15) is 23.1 Å². The van der Waals surface area contributed by atoms with Gasteiger partial charge in [0.1, 0.15) is 0 Å². The van der Waals surface area contributed by atoms with Gasteiger partial charge in [-0.15, -0.1) is 0 Å². The van der Waals surface area contributed by atoms with Gasteiger partial charge < -0.3 is 10.0 Å². The number of aliphatic hydroxyl groups excluding tert-OH is 1. The molecule has 1 amide bonds. The fourth-order valence-electron chi connectivity index (χ4n) is 3.19. The summed E-state index contributed by atoms with van der Waals surface area (Å²) in [6, 6.07) is 7.88. The normalized spacial score (nSPS) is 20.9. The molecule has 0 aliphatic carbocycles. The summed E-state index contributed by atoms with van der Waals surface area (Å²) in [5, 5.41) is 14.4. The van der Waals surface area contributed by atoms with E-state index in [9.17, 15) is 9.90 Å². The number of amides is 1. The summed E-state index contributed by atoms with van der Waals surface area (Å²) in [6.07, 6.45) is 4.95. The van der Waals surface area contributed by atoms with Crippen LogP contribution in [0.3, 0.4) is 0 Å². The summed E-state index contributed by atoms with van der Waals surface area (Å²) in [6.45, 7) is 2.66. The Morgan fingerprint density at radius 2 is 2.04 bits per heavy atom. The Labute approximate surface area is 136 Å². The number of aliphatic hydroxyl groups is 1. The maximum absolute atomic E-state index is 12.6. The highest BCUT2D eigenvalue weighted by atomic mass is 16.3. The van der Waals surface area contributed by atoms with Crippen molar-refractivity contribution < 1.29 is 9.90 Å². The van der Waals surface area contributed by atoms with Crippen LogP contribution in [0.5, 0.6) is 0 Å². The molecule has 0 spiro atoms. The SMILES string of the molecule is Cc1ccc(CC(=O)N2CC[C@@H](O)[C@@H]2Cc2cnn(C)c2)cc1. The molecule has 23 heavy (non-hydrogen) atoms. The minimum absolute atomic E-state index is 0.0827. The van der Waals surface area contributed by atoms with Gasteiger partial charge in [0.15, 0.2) is 0 Å².